The molecule has 19 heavy (non-hydrogen) atoms. The highest BCUT2D eigenvalue weighted by molar-refractivity contribution is 6.42. The van der Waals surface area contributed by atoms with Crippen LogP contribution >= 0.6 is 23.2 Å². The second kappa shape index (κ2) is 5.85. The Morgan fingerprint density at radius 2 is 1.84 bits per heavy atom. The van der Waals surface area contributed by atoms with Gasteiger partial charge in [0.2, 0.25) is 0 Å². The van der Waals surface area contributed by atoms with Crippen molar-refractivity contribution in [1.29, 1.82) is 0 Å². The van der Waals surface area contributed by atoms with Gasteiger partial charge in [-0.2, -0.15) is 0 Å². The molecule has 1 aliphatic rings. The second-order valence-electron chi connectivity index (χ2n) is 6.04. The summed E-state index contributed by atoms with van der Waals surface area (Å²) in [6, 6.07) is 5.23. The van der Waals surface area contributed by atoms with Gasteiger partial charge in [-0.1, -0.05) is 49.9 Å². The first kappa shape index (κ1) is 14.9. The topological polar surface area (TPSA) is 17.1 Å². The number of carbonyl (C=O) groups excluding carboxylic acids is 1. The van der Waals surface area contributed by atoms with E-state index in [4.69, 9.17) is 23.2 Å². The van der Waals surface area contributed by atoms with Gasteiger partial charge in [-0.15, -0.1) is 0 Å². The van der Waals surface area contributed by atoms with E-state index in [0.29, 0.717) is 21.5 Å². The summed E-state index contributed by atoms with van der Waals surface area (Å²) in [6.07, 6.45) is 5.28. The Hall–Kier alpha value is -0.530. The maximum absolute atomic E-state index is 12.9. The third kappa shape index (κ3) is 3.14. The van der Waals surface area contributed by atoms with E-state index >= 15 is 0 Å². The van der Waals surface area contributed by atoms with Crippen LogP contribution < -0.4 is 0 Å². The highest BCUT2D eigenvalue weighted by Crippen LogP contribution is 2.45. The van der Waals surface area contributed by atoms with E-state index in [-0.39, 0.29) is 11.2 Å². The van der Waals surface area contributed by atoms with Gasteiger partial charge in [0.15, 0.2) is 5.78 Å². The largest absolute Gasteiger partial charge is 0.294 e. The first-order valence-electron chi connectivity index (χ1n) is 6.94. The average molecular weight is 299 g/mol. The number of hydrogen-bond donors (Lipinski definition) is 0. The zero-order valence-corrected chi connectivity index (χ0v) is 13.0. The quantitative estimate of drug-likeness (QED) is 0.644. The van der Waals surface area contributed by atoms with Crippen LogP contribution in [0.25, 0.3) is 0 Å². The Kier molecular flexibility index (Phi) is 4.58. The maximum Gasteiger partial charge on any atom is 0.169 e. The van der Waals surface area contributed by atoms with Crippen LogP contribution in [0, 0.1) is 11.3 Å². The van der Waals surface area contributed by atoms with E-state index < -0.39 is 0 Å². The number of ketones is 1. The molecule has 1 nitrogen and oxygen atoms in total. The standard InChI is InChI=1S/C16H20Cl2O/c1-11(2)10-16(7-3-4-8-16)15(19)12-5-6-13(17)14(18)9-12/h5-6,9,11H,3-4,7-8,10H2,1-2H3. The normalized spacial score (nSPS) is 17.9. The smallest absolute Gasteiger partial charge is 0.169 e. The van der Waals surface area contributed by atoms with Crippen molar-refractivity contribution >= 4 is 29.0 Å². The molecule has 0 atom stereocenters. The molecule has 2 rings (SSSR count). The summed E-state index contributed by atoms with van der Waals surface area (Å²) >= 11 is 12.0. The Labute approximate surface area is 125 Å². The van der Waals surface area contributed by atoms with Gasteiger partial charge in [0.1, 0.15) is 0 Å². The van der Waals surface area contributed by atoms with E-state index in [1.54, 1.807) is 18.2 Å². The van der Waals surface area contributed by atoms with Crippen molar-refractivity contribution in [2.24, 2.45) is 11.3 Å². The third-order valence-electron chi connectivity index (χ3n) is 4.02. The Bertz CT molecular complexity index is 474. The molecule has 0 N–H and O–H groups in total. The van der Waals surface area contributed by atoms with Gasteiger partial charge in [-0.05, 0) is 43.4 Å². The monoisotopic (exact) mass is 298 g/mol. The lowest BCUT2D eigenvalue weighted by atomic mass is 9.73. The summed E-state index contributed by atoms with van der Waals surface area (Å²) in [5.41, 5.74) is 0.530. The Balaban J connectivity index is 2.31. The van der Waals surface area contributed by atoms with Gasteiger partial charge < -0.3 is 0 Å². The van der Waals surface area contributed by atoms with Gasteiger partial charge in [0.05, 0.1) is 10.0 Å². The molecule has 3 heteroatoms. The van der Waals surface area contributed by atoms with Gasteiger partial charge >= 0.3 is 0 Å². The van der Waals surface area contributed by atoms with Crippen molar-refractivity contribution in [1.82, 2.24) is 0 Å². The number of halogens is 2. The number of rotatable bonds is 4. The van der Waals surface area contributed by atoms with Gasteiger partial charge in [0, 0.05) is 11.0 Å². The molecular formula is C16H20Cl2O. The highest BCUT2D eigenvalue weighted by atomic mass is 35.5. The molecule has 0 aliphatic heterocycles. The van der Waals surface area contributed by atoms with Crippen LogP contribution in [-0.2, 0) is 0 Å². The van der Waals surface area contributed by atoms with Crippen molar-refractivity contribution in [3.05, 3.63) is 33.8 Å². The minimum absolute atomic E-state index is 0.175. The lowest BCUT2D eigenvalue weighted by Crippen LogP contribution is -2.30. The van der Waals surface area contributed by atoms with Crippen molar-refractivity contribution < 1.29 is 4.79 Å². The minimum atomic E-state index is -0.175. The maximum atomic E-state index is 12.9. The van der Waals surface area contributed by atoms with Crippen molar-refractivity contribution in [3.8, 4) is 0 Å². The molecule has 0 bridgehead atoms. The number of carbonyl (C=O) groups is 1. The molecule has 1 saturated carbocycles. The van der Waals surface area contributed by atoms with Gasteiger partial charge in [-0.25, -0.2) is 0 Å². The molecule has 0 aromatic heterocycles. The molecule has 0 unspecified atom stereocenters. The van der Waals surface area contributed by atoms with E-state index in [0.717, 1.165) is 32.1 Å². The first-order valence-corrected chi connectivity index (χ1v) is 7.70. The molecule has 1 aromatic rings. The summed E-state index contributed by atoms with van der Waals surface area (Å²) in [5, 5.41) is 0.966. The van der Waals surface area contributed by atoms with Crippen molar-refractivity contribution in [3.63, 3.8) is 0 Å². The molecule has 1 aliphatic carbocycles. The second-order valence-corrected chi connectivity index (χ2v) is 6.86. The third-order valence-corrected chi connectivity index (χ3v) is 4.76. The molecule has 1 aromatic carbocycles. The van der Waals surface area contributed by atoms with E-state index in [2.05, 4.69) is 13.8 Å². The zero-order valence-electron chi connectivity index (χ0n) is 11.5. The summed E-state index contributed by atoms with van der Waals surface area (Å²) in [6.45, 7) is 4.37. The first-order chi connectivity index (χ1) is 8.94. The van der Waals surface area contributed by atoms with Crippen LogP contribution in [0.1, 0.15) is 56.3 Å². The number of benzene rings is 1. The van der Waals surface area contributed by atoms with Crippen LogP contribution in [0.3, 0.4) is 0 Å². The highest BCUT2D eigenvalue weighted by Gasteiger charge is 2.41. The van der Waals surface area contributed by atoms with Gasteiger partial charge in [0.25, 0.3) is 0 Å². The van der Waals surface area contributed by atoms with Crippen LogP contribution in [0.5, 0.6) is 0 Å². The molecule has 104 valence electrons. The molecule has 0 radical (unpaired) electrons. The molecule has 0 spiro atoms. The van der Waals surface area contributed by atoms with E-state index in [9.17, 15) is 4.79 Å². The molecule has 1 fully saturated rings. The molecular weight excluding hydrogens is 279 g/mol. The van der Waals surface area contributed by atoms with Crippen LogP contribution in [0.4, 0.5) is 0 Å². The average Bonchev–Trinajstić information content (AvgIpc) is 2.80. The number of Topliss-reactive ketones (excluding diaryl/α,β-unsaturated/α-hetero) is 1. The molecule has 0 saturated heterocycles. The number of hydrogen-bond acceptors (Lipinski definition) is 1. The molecule has 0 heterocycles. The zero-order chi connectivity index (χ0) is 14.0. The van der Waals surface area contributed by atoms with Crippen LogP contribution in [0.15, 0.2) is 18.2 Å². The van der Waals surface area contributed by atoms with Crippen molar-refractivity contribution in [2.75, 3.05) is 0 Å². The summed E-state index contributed by atoms with van der Waals surface area (Å²) in [7, 11) is 0. The summed E-state index contributed by atoms with van der Waals surface area (Å²) < 4.78 is 0. The fraction of sp³-hybridized carbons (Fsp3) is 0.562. The predicted octanol–water partition coefficient (Wildman–Crippen LogP) is 5.78. The van der Waals surface area contributed by atoms with E-state index in [1.165, 1.54) is 0 Å². The van der Waals surface area contributed by atoms with Crippen LogP contribution in [0.2, 0.25) is 10.0 Å². The fourth-order valence-corrected chi connectivity index (χ4v) is 3.60. The minimum Gasteiger partial charge on any atom is -0.294 e. The molecule has 0 amide bonds. The summed E-state index contributed by atoms with van der Waals surface area (Å²) in [5.74, 6) is 0.780. The lowest BCUT2D eigenvalue weighted by Gasteiger charge is -2.29. The van der Waals surface area contributed by atoms with E-state index in [1.807, 2.05) is 0 Å². The predicted molar refractivity (Wildman–Crippen MR) is 81.1 cm³/mol. The summed E-state index contributed by atoms with van der Waals surface area (Å²) in [4.78, 5) is 12.9. The Morgan fingerprint density at radius 3 is 2.37 bits per heavy atom. The lowest BCUT2D eigenvalue weighted by molar-refractivity contribution is 0.0760. The van der Waals surface area contributed by atoms with Crippen LogP contribution in [-0.4, -0.2) is 5.78 Å². The Morgan fingerprint density at radius 1 is 1.21 bits per heavy atom. The van der Waals surface area contributed by atoms with Crippen molar-refractivity contribution in [2.45, 2.75) is 46.0 Å². The SMILES string of the molecule is CC(C)CC1(C(=O)c2ccc(Cl)c(Cl)c2)CCCC1. The van der Waals surface area contributed by atoms with Gasteiger partial charge in [-0.3, -0.25) is 4.79 Å². The fourth-order valence-electron chi connectivity index (χ4n) is 3.30.